The minimum absolute atomic E-state index is 0.0504. The highest BCUT2D eigenvalue weighted by atomic mass is 16.3. The number of nitrogens with one attached hydrogen (secondary N) is 2. The third kappa shape index (κ3) is 4.96. The molecule has 0 radical (unpaired) electrons. The molecule has 3 rings (SSSR count). The van der Waals surface area contributed by atoms with Gasteiger partial charge in [-0.1, -0.05) is 37.8 Å². The van der Waals surface area contributed by atoms with Crippen molar-refractivity contribution in [1.29, 1.82) is 0 Å². The monoisotopic (exact) mass is 371 g/mol. The fourth-order valence-electron chi connectivity index (χ4n) is 3.69. The SMILES string of the molecule is Cc1ccc(-c2cc(CCO)n[nH]2)cc1C(=O)NCC1(O)CCCCCC1. The maximum Gasteiger partial charge on any atom is 0.251 e. The van der Waals surface area contributed by atoms with E-state index in [1.165, 1.54) is 0 Å². The Bertz CT molecular complexity index is 777. The van der Waals surface area contributed by atoms with Gasteiger partial charge >= 0.3 is 0 Å². The minimum atomic E-state index is -0.791. The molecule has 1 fully saturated rings. The van der Waals surface area contributed by atoms with Crippen LogP contribution in [0.15, 0.2) is 24.3 Å². The smallest absolute Gasteiger partial charge is 0.251 e. The average Bonchev–Trinajstić information content (AvgIpc) is 3.01. The molecule has 1 saturated carbocycles. The molecule has 1 heterocycles. The van der Waals surface area contributed by atoms with Gasteiger partial charge in [0.1, 0.15) is 0 Å². The number of H-pyrrole nitrogens is 1. The average molecular weight is 371 g/mol. The van der Waals surface area contributed by atoms with Crippen LogP contribution < -0.4 is 5.32 Å². The van der Waals surface area contributed by atoms with Crippen LogP contribution in [0.3, 0.4) is 0 Å². The lowest BCUT2D eigenvalue weighted by Gasteiger charge is -2.27. The quantitative estimate of drug-likeness (QED) is 0.587. The van der Waals surface area contributed by atoms with E-state index >= 15 is 0 Å². The van der Waals surface area contributed by atoms with Crippen molar-refractivity contribution in [2.75, 3.05) is 13.2 Å². The van der Waals surface area contributed by atoms with Crippen molar-refractivity contribution >= 4 is 5.91 Å². The van der Waals surface area contributed by atoms with Crippen LogP contribution in [0.4, 0.5) is 0 Å². The highest BCUT2D eigenvalue weighted by Crippen LogP contribution is 2.27. The van der Waals surface area contributed by atoms with Gasteiger partial charge in [0.05, 0.1) is 17.0 Å². The number of aliphatic hydroxyl groups is 2. The lowest BCUT2D eigenvalue weighted by molar-refractivity contribution is 0.0246. The Kier molecular flexibility index (Phi) is 6.29. The van der Waals surface area contributed by atoms with Gasteiger partial charge < -0.3 is 15.5 Å². The first-order valence-corrected chi connectivity index (χ1v) is 9.77. The predicted molar refractivity (Wildman–Crippen MR) is 105 cm³/mol. The van der Waals surface area contributed by atoms with Gasteiger partial charge in [-0.15, -0.1) is 0 Å². The molecule has 1 aliphatic rings. The van der Waals surface area contributed by atoms with Crippen LogP contribution in [0.5, 0.6) is 0 Å². The number of carbonyl (C=O) groups excluding carboxylic acids is 1. The number of hydrogen-bond acceptors (Lipinski definition) is 4. The van der Waals surface area contributed by atoms with Crippen molar-refractivity contribution < 1.29 is 15.0 Å². The molecule has 0 aliphatic heterocycles. The van der Waals surface area contributed by atoms with Crippen molar-refractivity contribution in [3.63, 3.8) is 0 Å². The molecule has 6 nitrogen and oxygen atoms in total. The zero-order valence-corrected chi connectivity index (χ0v) is 15.9. The van der Waals surface area contributed by atoms with Crippen molar-refractivity contribution in [3.8, 4) is 11.3 Å². The summed E-state index contributed by atoms with van der Waals surface area (Å²) in [6.45, 7) is 2.25. The van der Waals surface area contributed by atoms with Gasteiger partial charge in [-0.3, -0.25) is 9.89 Å². The van der Waals surface area contributed by atoms with Gasteiger partial charge in [0.25, 0.3) is 5.91 Å². The summed E-state index contributed by atoms with van der Waals surface area (Å²) in [7, 11) is 0. The Morgan fingerprint density at radius 1 is 1.22 bits per heavy atom. The second-order valence-electron chi connectivity index (χ2n) is 7.60. The number of hydrogen-bond donors (Lipinski definition) is 4. The molecule has 1 aromatic carbocycles. The van der Waals surface area contributed by atoms with Crippen LogP contribution in [0, 0.1) is 6.92 Å². The van der Waals surface area contributed by atoms with E-state index in [-0.39, 0.29) is 12.5 Å². The molecule has 0 atom stereocenters. The standard InChI is InChI=1S/C21H29N3O3/c1-15-6-7-16(19-13-17(8-11-25)23-24-19)12-18(15)20(26)22-14-21(27)9-4-2-3-5-10-21/h6-7,12-13,25,27H,2-5,8-11,14H2,1H3,(H,22,26)(H,23,24). The van der Waals surface area contributed by atoms with Crippen LogP contribution in [-0.4, -0.2) is 45.1 Å². The number of aromatic nitrogens is 2. The molecule has 1 aromatic heterocycles. The Labute approximate surface area is 160 Å². The van der Waals surface area contributed by atoms with E-state index < -0.39 is 5.60 Å². The predicted octanol–water partition coefficient (Wildman–Crippen LogP) is 2.74. The van der Waals surface area contributed by atoms with Crippen LogP contribution in [0.2, 0.25) is 0 Å². The molecule has 6 heteroatoms. The lowest BCUT2D eigenvalue weighted by atomic mass is 9.94. The molecular weight excluding hydrogens is 342 g/mol. The van der Waals surface area contributed by atoms with Gasteiger partial charge in [-0.05, 0) is 37.5 Å². The molecule has 2 aromatic rings. The summed E-state index contributed by atoms with van der Waals surface area (Å²) in [6.07, 6.45) is 6.31. The van der Waals surface area contributed by atoms with Crippen LogP contribution >= 0.6 is 0 Å². The first-order chi connectivity index (χ1) is 13.0. The number of amides is 1. The van der Waals surface area contributed by atoms with Crippen LogP contribution in [0.25, 0.3) is 11.3 Å². The third-order valence-corrected chi connectivity index (χ3v) is 5.40. The van der Waals surface area contributed by atoms with E-state index in [4.69, 9.17) is 5.11 Å². The second-order valence-corrected chi connectivity index (χ2v) is 7.60. The fourth-order valence-corrected chi connectivity index (χ4v) is 3.69. The second kappa shape index (κ2) is 8.67. The summed E-state index contributed by atoms with van der Waals surface area (Å²) in [4.78, 5) is 12.7. The molecule has 4 N–H and O–H groups in total. The number of benzene rings is 1. The molecule has 0 spiro atoms. The molecular formula is C21H29N3O3. The molecule has 146 valence electrons. The first-order valence-electron chi connectivity index (χ1n) is 9.77. The molecule has 1 aliphatic carbocycles. The largest absolute Gasteiger partial charge is 0.396 e. The van der Waals surface area contributed by atoms with Gasteiger partial charge in [0, 0.05) is 30.7 Å². The maximum absolute atomic E-state index is 12.7. The normalized spacial score (nSPS) is 16.7. The fraction of sp³-hybridized carbons (Fsp3) is 0.524. The summed E-state index contributed by atoms with van der Waals surface area (Å²) in [5.74, 6) is -0.165. The summed E-state index contributed by atoms with van der Waals surface area (Å²) in [5.41, 5.74) is 3.17. The van der Waals surface area contributed by atoms with E-state index in [0.717, 1.165) is 61.0 Å². The molecule has 0 bridgehead atoms. The number of rotatable bonds is 6. The zero-order valence-electron chi connectivity index (χ0n) is 15.9. The highest BCUT2D eigenvalue weighted by Gasteiger charge is 2.28. The van der Waals surface area contributed by atoms with E-state index in [1.54, 1.807) is 0 Å². The number of carbonyl (C=O) groups is 1. The molecule has 1 amide bonds. The van der Waals surface area contributed by atoms with Crippen LogP contribution in [0.1, 0.15) is 60.1 Å². The Balaban J connectivity index is 1.72. The Morgan fingerprint density at radius 3 is 2.67 bits per heavy atom. The molecule has 27 heavy (non-hydrogen) atoms. The maximum atomic E-state index is 12.7. The summed E-state index contributed by atoms with van der Waals surface area (Å²) in [6, 6.07) is 7.59. The number of aryl methyl sites for hydroxylation is 1. The highest BCUT2D eigenvalue weighted by molar-refractivity contribution is 5.96. The van der Waals surface area contributed by atoms with Crippen LogP contribution in [-0.2, 0) is 6.42 Å². The van der Waals surface area contributed by atoms with E-state index in [9.17, 15) is 9.90 Å². The van der Waals surface area contributed by atoms with Crippen molar-refractivity contribution in [3.05, 3.63) is 41.1 Å². The zero-order chi connectivity index (χ0) is 19.3. The third-order valence-electron chi connectivity index (χ3n) is 5.40. The van der Waals surface area contributed by atoms with E-state index in [0.29, 0.717) is 18.5 Å². The molecule has 0 unspecified atom stereocenters. The number of aromatic amines is 1. The van der Waals surface area contributed by atoms with Gasteiger partial charge in [-0.25, -0.2) is 0 Å². The van der Waals surface area contributed by atoms with Gasteiger partial charge in [0.15, 0.2) is 0 Å². The lowest BCUT2D eigenvalue weighted by Crippen LogP contribution is -2.42. The van der Waals surface area contributed by atoms with E-state index in [1.807, 2.05) is 31.2 Å². The summed E-state index contributed by atoms with van der Waals surface area (Å²) >= 11 is 0. The first kappa shape index (κ1) is 19.6. The van der Waals surface area contributed by atoms with E-state index in [2.05, 4.69) is 15.5 Å². The van der Waals surface area contributed by atoms with Crippen molar-refractivity contribution in [1.82, 2.24) is 15.5 Å². The van der Waals surface area contributed by atoms with Crippen molar-refractivity contribution in [2.45, 2.75) is 57.5 Å². The Morgan fingerprint density at radius 2 is 1.96 bits per heavy atom. The number of aliphatic hydroxyl groups excluding tert-OH is 1. The van der Waals surface area contributed by atoms with Gasteiger partial charge in [0.2, 0.25) is 0 Å². The summed E-state index contributed by atoms with van der Waals surface area (Å²) < 4.78 is 0. The minimum Gasteiger partial charge on any atom is -0.396 e. The topological polar surface area (TPSA) is 98.2 Å². The van der Waals surface area contributed by atoms with Gasteiger partial charge in [-0.2, -0.15) is 5.10 Å². The Hall–Kier alpha value is -2.18. The van der Waals surface area contributed by atoms with Crippen molar-refractivity contribution in [2.24, 2.45) is 0 Å². The molecule has 0 saturated heterocycles. The number of nitrogens with zero attached hydrogens (tertiary/aromatic N) is 1. The summed E-state index contributed by atoms with van der Waals surface area (Å²) in [5, 5.41) is 29.9.